The van der Waals surface area contributed by atoms with E-state index in [0.29, 0.717) is 16.3 Å². The van der Waals surface area contributed by atoms with Gasteiger partial charge in [-0.05, 0) is 47.0 Å². The summed E-state index contributed by atoms with van der Waals surface area (Å²) in [4.78, 5) is 25.3. The lowest BCUT2D eigenvalue weighted by Gasteiger charge is -2.40. The molecule has 10 heteroatoms. The monoisotopic (exact) mass is 495 g/mol. The van der Waals surface area contributed by atoms with Crippen LogP contribution in [0.1, 0.15) is 18.5 Å². The van der Waals surface area contributed by atoms with E-state index in [4.69, 9.17) is 23.2 Å². The van der Waals surface area contributed by atoms with Crippen molar-refractivity contribution in [3.05, 3.63) is 64.7 Å². The average Bonchev–Trinajstić information content (AvgIpc) is 2.72. The lowest BCUT2D eigenvalue weighted by atomic mass is 9.97. The van der Waals surface area contributed by atoms with E-state index in [1.54, 1.807) is 23.1 Å². The third-order valence-electron chi connectivity index (χ3n) is 5.10. The standard InChI is InChI=1S/C22H23Cl2N3O4S/c1-15(28)25-20-5-3-4-16(13-20)17-10-18(12-19(24)11-17)21-14-26(22(29)6-7-23)8-9-27(21)32(2,30)31/h3-7,10-13,21H,8-9,14H2,1-2H3,(H,25,28)/b7-6-/t21-/m0/s1. The zero-order valence-corrected chi connectivity index (χ0v) is 19.9. The van der Waals surface area contributed by atoms with Gasteiger partial charge in [-0.1, -0.05) is 35.3 Å². The van der Waals surface area contributed by atoms with Gasteiger partial charge in [-0.3, -0.25) is 9.59 Å². The molecule has 1 aliphatic rings. The highest BCUT2D eigenvalue weighted by Gasteiger charge is 2.35. The molecule has 1 saturated heterocycles. The summed E-state index contributed by atoms with van der Waals surface area (Å²) in [6.07, 6.45) is 2.39. The maximum absolute atomic E-state index is 12.5. The van der Waals surface area contributed by atoms with Crippen LogP contribution in [0.5, 0.6) is 0 Å². The van der Waals surface area contributed by atoms with Crippen molar-refractivity contribution in [1.29, 1.82) is 0 Å². The van der Waals surface area contributed by atoms with Crippen LogP contribution in [-0.4, -0.2) is 55.3 Å². The number of carbonyl (C=O) groups excluding carboxylic acids is 2. The van der Waals surface area contributed by atoms with Gasteiger partial charge in [-0.15, -0.1) is 0 Å². The smallest absolute Gasteiger partial charge is 0.247 e. The van der Waals surface area contributed by atoms with Crippen molar-refractivity contribution in [2.24, 2.45) is 0 Å². The summed E-state index contributed by atoms with van der Waals surface area (Å²) >= 11 is 12.0. The molecule has 0 unspecified atom stereocenters. The minimum atomic E-state index is -3.53. The number of carbonyl (C=O) groups is 2. The molecule has 0 aliphatic carbocycles. The van der Waals surface area contributed by atoms with Crippen molar-refractivity contribution in [2.45, 2.75) is 13.0 Å². The highest BCUT2D eigenvalue weighted by atomic mass is 35.5. The Morgan fingerprint density at radius 2 is 1.88 bits per heavy atom. The number of rotatable bonds is 5. The lowest BCUT2D eigenvalue weighted by molar-refractivity contribution is -0.128. The number of amides is 2. The molecule has 2 aromatic carbocycles. The molecule has 0 saturated carbocycles. The highest BCUT2D eigenvalue weighted by molar-refractivity contribution is 7.88. The molecule has 0 radical (unpaired) electrons. The Balaban J connectivity index is 2.03. The molecule has 1 fully saturated rings. The predicted octanol–water partition coefficient (Wildman–Crippen LogP) is 3.86. The van der Waals surface area contributed by atoms with Crippen LogP contribution in [0.15, 0.2) is 54.1 Å². The molecule has 1 atom stereocenters. The van der Waals surface area contributed by atoms with E-state index >= 15 is 0 Å². The number of nitrogens with one attached hydrogen (secondary N) is 1. The first-order valence-electron chi connectivity index (χ1n) is 9.79. The normalized spacial score (nSPS) is 17.5. The van der Waals surface area contributed by atoms with Crippen LogP contribution in [0.3, 0.4) is 0 Å². The Morgan fingerprint density at radius 3 is 2.53 bits per heavy atom. The van der Waals surface area contributed by atoms with Crippen LogP contribution < -0.4 is 5.32 Å². The molecule has 0 aromatic heterocycles. The average molecular weight is 496 g/mol. The third kappa shape index (κ3) is 5.89. The number of hydrogen-bond donors (Lipinski definition) is 1. The van der Waals surface area contributed by atoms with Crippen molar-refractivity contribution in [2.75, 3.05) is 31.2 Å². The van der Waals surface area contributed by atoms with E-state index in [0.717, 1.165) is 22.9 Å². The molecule has 7 nitrogen and oxygen atoms in total. The van der Waals surface area contributed by atoms with E-state index in [-0.39, 0.29) is 31.4 Å². The van der Waals surface area contributed by atoms with Crippen molar-refractivity contribution < 1.29 is 18.0 Å². The first kappa shape index (κ1) is 24.3. The molecule has 1 aliphatic heterocycles. The summed E-state index contributed by atoms with van der Waals surface area (Å²) in [6.45, 7) is 2.01. The third-order valence-corrected chi connectivity index (χ3v) is 6.73. The summed E-state index contributed by atoms with van der Waals surface area (Å²) in [5.41, 5.74) is 4.00. The van der Waals surface area contributed by atoms with Gasteiger partial charge in [0.25, 0.3) is 0 Å². The Kier molecular flexibility index (Phi) is 7.61. The topological polar surface area (TPSA) is 86.8 Å². The maximum Gasteiger partial charge on any atom is 0.247 e. The molecule has 0 bridgehead atoms. The fourth-order valence-electron chi connectivity index (χ4n) is 3.75. The molecular weight excluding hydrogens is 473 g/mol. The van der Waals surface area contributed by atoms with Crippen LogP contribution in [-0.2, 0) is 19.6 Å². The van der Waals surface area contributed by atoms with Crippen molar-refractivity contribution in [1.82, 2.24) is 9.21 Å². The van der Waals surface area contributed by atoms with Gasteiger partial charge >= 0.3 is 0 Å². The van der Waals surface area contributed by atoms with Gasteiger partial charge in [-0.2, -0.15) is 4.31 Å². The second-order valence-electron chi connectivity index (χ2n) is 7.50. The first-order chi connectivity index (χ1) is 15.1. The molecular formula is C22H23Cl2N3O4S. The van der Waals surface area contributed by atoms with Gasteiger partial charge in [0.15, 0.2) is 0 Å². The Labute approximate surface area is 197 Å². The first-order valence-corrected chi connectivity index (χ1v) is 12.5. The number of sulfonamides is 1. The summed E-state index contributed by atoms with van der Waals surface area (Å²) < 4.78 is 26.3. The van der Waals surface area contributed by atoms with Crippen LogP contribution in [0.2, 0.25) is 5.02 Å². The van der Waals surface area contributed by atoms with Gasteiger partial charge < -0.3 is 10.2 Å². The Morgan fingerprint density at radius 1 is 1.12 bits per heavy atom. The fraction of sp³-hybridized carbons (Fsp3) is 0.273. The number of piperazine rings is 1. The molecule has 2 aromatic rings. The van der Waals surface area contributed by atoms with E-state index in [1.165, 1.54) is 17.3 Å². The number of nitrogens with zero attached hydrogens (tertiary/aromatic N) is 2. The van der Waals surface area contributed by atoms with Crippen LogP contribution >= 0.6 is 23.2 Å². The minimum absolute atomic E-state index is 0.158. The molecule has 170 valence electrons. The SMILES string of the molecule is CC(=O)Nc1cccc(-c2cc(Cl)cc([C@@H]3CN(C(=O)/C=C\Cl)CCN3S(C)(=O)=O)c2)c1. The Bertz CT molecular complexity index is 1170. The Hall–Kier alpha value is -2.39. The van der Waals surface area contributed by atoms with Crippen molar-refractivity contribution >= 4 is 50.7 Å². The molecule has 1 N–H and O–H groups in total. The van der Waals surface area contributed by atoms with Crippen molar-refractivity contribution in [3.63, 3.8) is 0 Å². The number of benzene rings is 2. The van der Waals surface area contributed by atoms with Crippen LogP contribution in [0, 0.1) is 0 Å². The second-order valence-corrected chi connectivity index (χ2v) is 10.1. The number of hydrogen-bond acceptors (Lipinski definition) is 4. The quantitative estimate of drug-likeness (QED) is 0.637. The summed E-state index contributed by atoms with van der Waals surface area (Å²) in [5.74, 6) is -0.473. The number of halogens is 2. The second kappa shape index (κ2) is 10.0. The van der Waals surface area contributed by atoms with Gasteiger partial charge in [0, 0.05) is 48.9 Å². The number of anilines is 1. The van der Waals surface area contributed by atoms with Gasteiger partial charge in [0.2, 0.25) is 21.8 Å². The van der Waals surface area contributed by atoms with E-state index in [2.05, 4.69) is 5.32 Å². The minimum Gasteiger partial charge on any atom is -0.336 e. The van der Waals surface area contributed by atoms with Crippen LogP contribution in [0.25, 0.3) is 11.1 Å². The molecule has 3 rings (SSSR count). The predicted molar refractivity (Wildman–Crippen MR) is 127 cm³/mol. The van der Waals surface area contributed by atoms with Crippen LogP contribution in [0.4, 0.5) is 5.69 Å². The molecule has 0 spiro atoms. The highest BCUT2D eigenvalue weighted by Crippen LogP contribution is 2.34. The summed E-state index contributed by atoms with van der Waals surface area (Å²) in [5, 5.41) is 3.17. The summed E-state index contributed by atoms with van der Waals surface area (Å²) in [7, 11) is -3.53. The zero-order valence-electron chi connectivity index (χ0n) is 17.6. The molecule has 2 amide bonds. The van der Waals surface area contributed by atoms with E-state index < -0.39 is 16.1 Å². The summed E-state index contributed by atoms with van der Waals surface area (Å²) in [6, 6.07) is 12.0. The lowest BCUT2D eigenvalue weighted by Crippen LogP contribution is -2.51. The van der Waals surface area contributed by atoms with Gasteiger partial charge in [0.1, 0.15) is 0 Å². The fourth-order valence-corrected chi connectivity index (χ4v) is 5.16. The zero-order chi connectivity index (χ0) is 23.5. The largest absolute Gasteiger partial charge is 0.336 e. The van der Waals surface area contributed by atoms with Gasteiger partial charge in [-0.25, -0.2) is 8.42 Å². The van der Waals surface area contributed by atoms with E-state index in [1.807, 2.05) is 24.3 Å². The molecule has 1 heterocycles. The molecule has 32 heavy (non-hydrogen) atoms. The van der Waals surface area contributed by atoms with E-state index in [9.17, 15) is 18.0 Å². The van der Waals surface area contributed by atoms with Crippen molar-refractivity contribution in [3.8, 4) is 11.1 Å². The van der Waals surface area contributed by atoms with Gasteiger partial charge in [0.05, 0.1) is 12.3 Å². The maximum atomic E-state index is 12.5.